The lowest BCUT2D eigenvalue weighted by atomic mass is 9.93. The second-order valence-electron chi connectivity index (χ2n) is 3.86. The zero-order valence-electron chi connectivity index (χ0n) is 10.5. The van der Waals surface area contributed by atoms with Crippen LogP contribution >= 0.6 is 0 Å². The van der Waals surface area contributed by atoms with E-state index in [9.17, 15) is 0 Å². The molecule has 0 aromatic carbocycles. The highest BCUT2D eigenvalue weighted by Crippen LogP contribution is 2.24. The van der Waals surface area contributed by atoms with Crippen molar-refractivity contribution in [1.29, 1.82) is 0 Å². The molecule has 0 N–H and O–H groups in total. The smallest absolute Gasteiger partial charge is 0.142 e. The fraction of sp³-hybridized carbons (Fsp3) is 1.00. The molecule has 1 saturated heterocycles. The summed E-state index contributed by atoms with van der Waals surface area (Å²) in [5, 5.41) is 0. The van der Waals surface area contributed by atoms with Crippen LogP contribution in [0.4, 0.5) is 0 Å². The van der Waals surface area contributed by atoms with Gasteiger partial charge in [0.15, 0.2) is 0 Å². The maximum atomic E-state index is 5.73. The standard InChI is InChI=1S/C10H21BO5/c1-12-4-5-15-9-8(14-3)7(6-13-2)16-10(9)11/h7-10H,4-6,11H2,1-3H3. The first-order chi connectivity index (χ1) is 7.74. The third-order valence-corrected chi connectivity index (χ3v) is 2.74. The molecule has 0 amide bonds. The predicted octanol–water partition coefficient (Wildman–Crippen LogP) is -0.963. The van der Waals surface area contributed by atoms with Gasteiger partial charge in [-0.1, -0.05) is 0 Å². The summed E-state index contributed by atoms with van der Waals surface area (Å²) < 4.78 is 26.9. The summed E-state index contributed by atoms with van der Waals surface area (Å²) in [7, 11) is 6.96. The lowest BCUT2D eigenvalue weighted by Crippen LogP contribution is -2.39. The first-order valence-corrected chi connectivity index (χ1v) is 5.52. The van der Waals surface area contributed by atoms with E-state index in [2.05, 4.69) is 0 Å². The second-order valence-corrected chi connectivity index (χ2v) is 3.86. The van der Waals surface area contributed by atoms with Gasteiger partial charge in [-0.2, -0.15) is 0 Å². The van der Waals surface area contributed by atoms with Crippen LogP contribution in [0.25, 0.3) is 0 Å². The fourth-order valence-electron chi connectivity index (χ4n) is 1.99. The van der Waals surface area contributed by atoms with Crippen molar-refractivity contribution in [3.63, 3.8) is 0 Å². The SMILES string of the molecule is BC1OC(COC)C(OC)C1OCCOC. The van der Waals surface area contributed by atoms with Gasteiger partial charge in [0.2, 0.25) is 0 Å². The lowest BCUT2D eigenvalue weighted by Gasteiger charge is -2.22. The van der Waals surface area contributed by atoms with Gasteiger partial charge in [-0.25, -0.2) is 0 Å². The zero-order chi connectivity index (χ0) is 12.0. The van der Waals surface area contributed by atoms with Gasteiger partial charge in [-0.15, -0.1) is 0 Å². The Bertz CT molecular complexity index is 192. The van der Waals surface area contributed by atoms with Crippen molar-refractivity contribution in [3.8, 4) is 0 Å². The van der Waals surface area contributed by atoms with Crippen molar-refractivity contribution in [2.75, 3.05) is 41.2 Å². The molecule has 1 rings (SSSR count). The van der Waals surface area contributed by atoms with Gasteiger partial charge >= 0.3 is 0 Å². The maximum Gasteiger partial charge on any atom is 0.142 e. The quantitative estimate of drug-likeness (QED) is 0.418. The van der Waals surface area contributed by atoms with E-state index in [1.54, 1.807) is 21.3 Å². The number of methoxy groups -OCH3 is 3. The number of hydrogen-bond acceptors (Lipinski definition) is 5. The molecule has 0 aromatic heterocycles. The van der Waals surface area contributed by atoms with E-state index >= 15 is 0 Å². The Kier molecular flexibility index (Phi) is 6.30. The monoisotopic (exact) mass is 232 g/mol. The van der Waals surface area contributed by atoms with E-state index < -0.39 is 0 Å². The van der Waals surface area contributed by atoms with Crippen molar-refractivity contribution in [2.24, 2.45) is 0 Å². The highest BCUT2D eigenvalue weighted by molar-refractivity contribution is 6.11. The minimum absolute atomic E-state index is 0.0157. The second kappa shape index (κ2) is 7.24. The fourth-order valence-corrected chi connectivity index (χ4v) is 1.99. The molecule has 0 saturated carbocycles. The largest absolute Gasteiger partial charge is 0.382 e. The first kappa shape index (κ1) is 13.9. The highest BCUT2D eigenvalue weighted by atomic mass is 16.6. The van der Waals surface area contributed by atoms with Crippen LogP contribution in [0.15, 0.2) is 0 Å². The topological polar surface area (TPSA) is 46.2 Å². The van der Waals surface area contributed by atoms with Crippen LogP contribution in [0, 0.1) is 0 Å². The summed E-state index contributed by atoms with van der Waals surface area (Å²) in [6.07, 6.45) is -0.190. The van der Waals surface area contributed by atoms with E-state index in [1.165, 1.54) is 0 Å². The predicted molar refractivity (Wildman–Crippen MR) is 61.5 cm³/mol. The summed E-state index contributed by atoms with van der Waals surface area (Å²) in [5.41, 5.74) is 0. The van der Waals surface area contributed by atoms with Crippen LogP contribution in [0.5, 0.6) is 0 Å². The Morgan fingerprint density at radius 2 is 1.81 bits per heavy atom. The molecule has 0 bridgehead atoms. The molecular formula is C10H21BO5. The molecule has 1 aliphatic heterocycles. The summed E-state index contributed by atoms with van der Waals surface area (Å²) >= 11 is 0. The highest BCUT2D eigenvalue weighted by Gasteiger charge is 2.43. The Morgan fingerprint density at radius 3 is 2.38 bits per heavy atom. The van der Waals surface area contributed by atoms with Crippen LogP contribution in [-0.2, 0) is 23.7 Å². The van der Waals surface area contributed by atoms with E-state index in [0.717, 1.165) is 0 Å². The van der Waals surface area contributed by atoms with E-state index in [4.69, 9.17) is 23.7 Å². The van der Waals surface area contributed by atoms with E-state index in [0.29, 0.717) is 19.8 Å². The van der Waals surface area contributed by atoms with Crippen molar-refractivity contribution in [3.05, 3.63) is 0 Å². The van der Waals surface area contributed by atoms with E-state index in [1.807, 2.05) is 7.85 Å². The molecule has 1 fully saturated rings. The van der Waals surface area contributed by atoms with Gasteiger partial charge in [0, 0.05) is 21.3 Å². The number of rotatable bonds is 7. The number of ether oxygens (including phenoxy) is 5. The van der Waals surface area contributed by atoms with Crippen LogP contribution in [0.2, 0.25) is 0 Å². The minimum Gasteiger partial charge on any atom is -0.382 e. The third-order valence-electron chi connectivity index (χ3n) is 2.74. The van der Waals surface area contributed by atoms with Crippen LogP contribution < -0.4 is 0 Å². The van der Waals surface area contributed by atoms with Crippen molar-refractivity contribution >= 4 is 7.85 Å². The van der Waals surface area contributed by atoms with Gasteiger partial charge in [0.05, 0.1) is 25.8 Å². The Labute approximate surface area is 97.7 Å². The summed E-state index contributed by atoms with van der Waals surface area (Å²) in [4.78, 5) is 0. The van der Waals surface area contributed by atoms with E-state index in [-0.39, 0.29) is 24.3 Å². The molecule has 0 spiro atoms. The molecule has 0 radical (unpaired) electrons. The molecule has 94 valence electrons. The molecule has 1 aliphatic rings. The van der Waals surface area contributed by atoms with Crippen molar-refractivity contribution < 1.29 is 23.7 Å². The van der Waals surface area contributed by atoms with Gasteiger partial charge in [-0.3, -0.25) is 0 Å². The number of hydrogen-bond donors (Lipinski definition) is 0. The molecule has 1 heterocycles. The molecule has 0 aromatic rings. The van der Waals surface area contributed by atoms with Crippen molar-refractivity contribution in [1.82, 2.24) is 0 Å². The lowest BCUT2D eigenvalue weighted by molar-refractivity contribution is -0.0629. The first-order valence-electron chi connectivity index (χ1n) is 5.52. The van der Waals surface area contributed by atoms with Gasteiger partial charge in [0.1, 0.15) is 26.2 Å². The van der Waals surface area contributed by atoms with Crippen molar-refractivity contribution in [2.45, 2.75) is 24.3 Å². The Hall–Kier alpha value is -0.135. The van der Waals surface area contributed by atoms with Crippen LogP contribution in [-0.4, -0.2) is 73.3 Å². The normalized spacial score (nSPS) is 34.4. The summed E-state index contributed by atoms with van der Waals surface area (Å²) in [6.45, 7) is 1.65. The molecule has 5 nitrogen and oxygen atoms in total. The maximum absolute atomic E-state index is 5.73. The molecule has 4 unspecified atom stereocenters. The molecular weight excluding hydrogens is 211 g/mol. The van der Waals surface area contributed by atoms with Gasteiger partial charge in [-0.05, 0) is 0 Å². The molecule has 6 heteroatoms. The summed E-state index contributed by atoms with van der Waals surface area (Å²) in [5.74, 6) is 0. The van der Waals surface area contributed by atoms with Crippen LogP contribution in [0.1, 0.15) is 0 Å². The molecule has 16 heavy (non-hydrogen) atoms. The molecule has 0 aliphatic carbocycles. The summed E-state index contributed by atoms with van der Waals surface area (Å²) in [6, 6.07) is 0.0157. The Morgan fingerprint density at radius 1 is 1.06 bits per heavy atom. The van der Waals surface area contributed by atoms with Gasteiger partial charge in [0.25, 0.3) is 0 Å². The third kappa shape index (κ3) is 3.43. The van der Waals surface area contributed by atoms with Crippen LogP contribution in [0.3, 0.4) is 0 Å². The van der Waals surface area contributed by atoms with Gasteiger partial charge < -0.3 is 23.7 Å². The molecule has 4 atom stereocenters. The average molecular weight is 232 g/mol. The average Bonchev–Trinajstić information content (AvgIpc) is 2.56. The minimum atomic E-state index is -0.0770. The zero-order valence-corrected chi connectivity index (χ0v) is 10.5. The Balaban J connectivity index is 2.46.